The summed E-state index contributed by atoms with van der Waals surface area (Å²) in [7, 11) is -1.24. The largest absolute Gasteiger partial charge is 0.304 e. The van der Waals surface area contributed by atoms with E-state index in [0.29, 0.717) is 23.5 Å². The number of nitrogens with one attached hydrogen (secondary N) is 2. The van der Waals surface area contributed by atoms with Gasteiger partial charge in [0, 0.05) is 29.6 Å². The molecule has 1 heterocycles. The van der Waals surface area contributed by atoms with Crippen LogP contribution in [0.15, 0.2) is 41.4 Å². The Hall–Kier alpha value is -1.85. The molecule has 4 nitrogen and oxygen atoms in total. The van der Waals surface area contributed by atoms with E-state index in [1.54, 1.807) is 6.20 Å². The van der Waals surface area contributed by atoms with Crippen LogP contribution in [-0.4, -0.2) is 20.9 Å². The molecule has 5 heteroatoms. The minimum absolute atomic E-state index is 0.0155. The molecular formula is C29H39N3OS. The van der Waals surface area contributed by atoms with E-state index >= 15 is 0 Å². The molecule has 3 aliphatic rings. The van der Waals surface area contributed by atoms with E-state index in [2.05, 4.69) is 43.7 Å². The maximum atomic E-state index is 12.8. The number of aromatic nitrogens is 1. The van der Waals surface area contributed by atoms with Gasteiger partial charge in [0.2, 0.25) is 0 Å². The van der Waals surface area contributed by atoms with Gasteiger partial charge in [-0.3, -0.25) is 4.98 Å². The number of nitrogens with zero attached hydrogens (tertiary/aromatic N) is 1. The third-order valence-electron chi connectivity index (χ3n) is 8.70. The number of benzene rings is 1. The fourth-order valence-corrected chi connectivity index (χ4v) is 7.39. The van der Waals surface area contributed by atoms with Gasteiger partial charge in [0.15, 0.2) is 0 Å². The van der Waals surface area contributed by atoms with Crippen molar-refractivity contribution in [2.75, 3.05) is 0 Å². The second-order valence-electron chi connectivity index (χ2n) is 11.1. The second-order valence-corrected chi connectivity index (χ2v) is 12.3. The summed E-state index contributed by atoms with van der Waals surface area (Å²) in [5.74, 6) is 2.38. The Morgan fingerprint density at radius 1 is 1.09 bits per heavy atom. The summed E-state index contributed by atoms with van der Waals surface area (Å²) in [5.41, 5.74) is 5.30. The number of aryl methyl sites for hydroxylation is 1. The Morgan fingerprint density at radius 3 is 2.53 bits per heavy atom. The van der Waals surface area contributed by atoms with E-state index in [4.69, 9.17) is 4.98 Å². The zero-order valence-electron chi connectivity index (χ0n) is 20.8. The highest BCUT2D eigenvalue weighted by Crippen LogP contribution is 2.47. The molecule has 3 aliphatic carbocycles. The van der Waals surface area contributed by atoms with E-state index in [1.807, 2.05) is 12.1 Å². The highest BCUT2D eigenvalue weighted by atomic mass is 32.2. The van der Waals surface area contributed by atoms with Crippen LogP contribution in [0.1, 0.15) is 99.4 Å². The SMILES string of the molecule is Cc1ccc2c(c1)C(=N)C(c1ccc(S(=O)NC(C)C3CC3)cn1)CC(C1CCCCC1)C2C. The number of fused-ring (bicyclic) bond motifs is 1. The van der Waals surface area contributed by atoms with Crippen molar-refractivity contribution < 1.29 is 4.21 Å². The van der Waals surface area contributed by atoms with Crippen molar-refractivity contribution in [1.82, 2.24) is 9.71 Å². The minimum Gasteiger partial charge on any atom is -0.304 e. The van der Waals surface area contributed by atoms with Crippen molar-refractivity contribution in [2.45, 2.75) is 94.9 Å². The van der Waals surface area contributed by atoms with Gasteiger partial charge < -0.3 is 5.41 Å². The molecule has 0 saturated heterocycles. The number of rotatable bonds is 6. The zero-order valence-corrected chi connectivity index (χ0v) is 21.7. The quantitative estimate of drug-likeness (QED) is 0.457. The average molecular weight is 478 g/mol. The van der Waals surface area contributed by atoms with Gasteiger partial charge in [-0.2, -0.15) is 0 Å². The normalized spacial score (nSPS) is 27.6. The average Bonchev–Trinajstić information content (AvgIpc) is 3.70. The van der Waals surface area contributed by atoms with Gasteiger partial charge in [-0.05, 0) is 86.1 Å². The van der Waals surface area contributed by atoms with Gasteiger partial charge in [0.05, 0.1) is 4.90 Å². The Bertz CT molecular complexity index is 1060. The van der Waals surface area contributed by atoms with E-state index in [1.165, 1.54) is 56.1 Å². The summed E-state index contributed by atoms with van der Waals surface area (Å²) >= 11 is 0. The van der Waals surface area contributed by atoms with Crippen LogP contribution < -0.4 is 4.72 Å². The van der Waals surface area contributed by atoms with Crippen LogP contribution in [0.25, 0.3) is 0 Å². The molecule has 2 saturated carbocycles. The molecule has 0 amide bonds. The van der Waals surface area contributed by atoms with Crippen molar-refractivity contribution in [3.8, 4) is 0 Å². The molecule has 0 radical (unpaired) electrons. The molecule has 0 spiro atoms. The fraction of sp³-hybridized carbons (Fsp3) is 0.586. The van der Waals surface area contributed by atoms with Crippen LogP contribution in [0, 0.1) is 30.1 Å². The third-order valence-corrected chi connectivity index (χ3v) is 9.95. The first-order valence-corrected chi connectivity index (χ1v) is 14.4. The van der Waals surface area contributed by atoms with Gasteiger partial charge in [-0.15, -0.1) is 0 Å². The maximum absolute atomic E-state index is 12.8. The van der Waals surface area contributed by atoms with Gasteiger partial charge in [0.25, 0.3) is 0 Å². The molecule has 2 N–H and O–H groups in total. The van der Waals surface area contributed by atoms with Crippen LogP contribution >= 0.6 is 0 Å². The molecule has 5 unspecified atom stereocenters. The van der Waals surface area contributed by atoms with Crippen LogP contribution in [-0.2, 0) is 11.0 Å². The Balaban J connectivity index is 1.44. The predicted octanol–water partition coefficient (Wildman–Crippen LogP) is 6.66. The lowest BCUT2D eigenvalue weighted by molar-refractivity contribution is 0.208. The van der Waals surface area contributed by atoms with Gasteiger partial charge in [-0.1, -0.05) is 56.7 Å². The van der Waals surface area contributed by atoms with E-state index in [0.717, 1.165) is 28.5 Å². The Morgan fingerprint density at radius 2 is 1.85 bits per heavy atom. The summed E-state index contributed by atoms with van der Waals surface area (Å²) in [5, 5.41) is 9.27. The van der Waals surface area contributed by atoms with Crippen molar-refractivity contribution in [1.29, 1.82) is 5.41 Å². The molecule has 34 heavy (non-hydrogen) atoms. The highest BCUT2D eigenvalue weighted by molar-refractivity contribution is 7.83. The van der Waals surface area contributed by atoms with E-state index in [9.17, 15) is 9.62 Å². The lowest BCUT2D eigenvalue weighted by Crippen LogP contribution is -2.30. The Kier molecular flexibility index (Phi) is 7.04. The molecule has 1 aromatic heterocycles. The molecule has 0 bridgehead atoms. The zero-order chi connectivity index (χ0) is 23.8. The fourth-order valence-electron chi connectivity index (χ4n) is 6.38. The molecule has 0 aliphatic heterocycles. The first-order chi connectivity index (χ1) is 16.4. The van der Waals surface area contributed by atoms with Crippen LogP contribution in [0.3, 0.4) is 0 Å². The first kappa shape index (κ1) is 23.9. The molecule has 5 rings (SSSR count). The van der Waals surface area contributed by atoms with Crippen molar-refractivity contribution >= 4 is 16.7 Å². The lowest BCUT2D eigenvalue weighted by Gasteiger charge is -2.35. The summed E-state index contributed by atoms with van der Waals surface area (Å²) in [4.78, 5) is 5.54. The lowest BCUT2D eigenvalue weighted by atomic mass is 9.70. The van der Waals surface area contributed by atoms with Crippen molar-refractivity contribution in [3.05, 3.63) is 58.9 Å². The van der Waals surface area contributed by atoms with Gasteiger partial charge >= 0.3 is 0 Å². The van der Waals surface area contributed by atoms with Crippen LogP contribution in [0.2, 0.25) is 0 Å². The highest BCUT2D eigenvalue weighted by Gasteiger charge is 2.38. The van der Waals surface area contributed by atoms with E-state index in [-0.39, 0.29) is 12.0 Å². The molecule has 5 atom stereocenters. The first-order valence-electron chi connectivity index (χ1n) is 13.3. The molecule has 2 aromatic rings. The Labute approximate surface area is 207 Å². The van der Waals surface area contributed by atoms with Gasteiger partial charge in [-0.25, -0.2) is 8.93 Å². The monoisotopic (exact) mass is 477 g/mol. The number of hydrogen-bond acceptors (Lipinski definition) is 3. The standard InChI is InChI=1S/C29H39N3OS/c1-18-9-13-24-19(2)25(22-7-5-4-6-8-22)16-27(29(30)26(24)15-18)28-14-12-23(17-31-28)34(33)32-20(3)21-10-11-21/h9,12-15,17,19-22,25,27,30,32H,4-8,10-11,16H2,1-3H3. The molecular weight excluding hydrogens is 438 g/mol. The third kappa shape index (κ3) is 4.92. The predicted molar refractivity (Wildman–Crippen MR) is 140 cm³/mol. The summed E-state index contributed by atoms with van der Waals surface area (Å²) < 4.78 is 16.1. The number of pyridine rings is 1. The van der Waals surface area contributed by atoms with Crippen molar-refractivity contribution in [3.63, 3.8) is 0 Å². The second kappa shape index (κ2) is 10.0. The molecule has 182 valence electrons. The van der Waals surface area contributed by atoms with Crippen LogP contribution in [0.5, 0.6) is 0 Å². The van der Waals surface area contributed by atoms with Crippen LogP contribution in [0.4, 0.5) is 0 Å². The summed E-state index contributed by atoms with van der Waals surface area (Å²) in [6.07, 6.45) is 11.9. The molecule has 1 aromatic carbocycles. The smallest absolute Gasteiger partial charge is 0.126 e. The topological polar surface area (TPSA) is 65.8 Å². The maximum Gasteiger partial charge on any atom is 0.126 e. The number of hydrogen-bond donors (Lipinski definition) is 2. The van der Waals surface area contributed by atoms with Gasteiger partial charge in [0.1, 0.15) is 11.0 Å². The summed E-state index contributed by atoms with van der Waals surface area (Å²) in [6, 6.07) is 10.9. The van der Waals surface area contributed by atoms with E-state index < -0.39 is 11.0 Å². The van der Waals surface area contributed by atoms with Crippen molar-refractivity contribution in [2.24, 2.45) is 17.8 Å². The summed E-state index contributed by atoms with van der Waals surface area (Å²) in [6.45, 7) is 6.63. The molecule has 2 fully saturated rings. The minimum atomic E-state index is -1.24.